The van der Waals surface area contributed by atoms with Crippen LogP contribution >= 0.6 is 0 Å². The Bertz CT molecular complexity index is 1930. The van der Waals surface area contributed by atoms with Crippen LogP contribution in [0, 0.1) is 10.1 Å². The zero-order chi connectivity index (χ0) is 38.6. The summed E-state index contributed by atoms with van der Waals surface area (Å²) in [5, 5.41) is 25.7. The van der Waals surface area contributed by atoms with Crippen molar-refractivity contribution in [2.45, 2.75) is 98.6 Å². The summed E-state index contributed by atoms with van der Waals surface area (Å²) in [4.78, 5) is 32.8. The zero-order valence-electron chi connectivity index (χ0n) is 32.3. The van der Waals surface area contributed by atoms with Crippen LogP contribution in [0.4, 0.5) is 11.4 Å². The largest absolute Gasteiger partial charge is 1.00 e. The second kappa shape index (κ2) is 21.2. The first-order valence-corrected chi connectivity index (χ1v) is 17.1. The number of carbonyl (C=O) groups is 2. The van der Waals surface area contributed by atoms with E-state index in [1.165, 1.54) is 11.1 Å². The molecule has 0 aliphatic rings. The first kappa shape index (κ1) is 47.2. The van der Waals surface area contributed by atoms with E-state index < -0.39 is 0 Å². The van der Waals surface area contributed by atoms with Gasteiger partial charge in [0.25, 0.3) is 0 Å². The number of nitrogen functional groups attached to an aromatic ring is 2. The molecule has 2 unspecified atom stereocenters. The monoisotopic (exact) mass is 746 g/mol. The first-order chi connectivity index (χ1) is 24.4. The summed E-state index contributed by atoms with van der Waals surface area (Å²) in [7, 11) is 0. The predicted molar refractivity (Wildman–Crippen MR) is 216 cm³/mol. The molecule has 1 heterocycles. The van der Waals surface area contributed by atoms with Crippen LogP contribution in [-0.2, 0) is 33.5 Å². The SMILES string of the molecule is C.CC(C(=O)NCc1ccc(C(C)(C)C)cc1)c1ccc(N)c(N)c1.CC(C(=O)NCc1ccc(C(C)(C)C)cc1)c1ccc2n[nH]nc2c1.O=N[O-].[Na+]. The summed E-state index contributed by atoms with van der Waals surface area (Å²) in [5.41, 5.74) is 21.0. The van der Waals surface area contributed by atoms with Gasteiger partial charge in [0.2, 0.25) is 11.8 Å². The van der Waals surface area contributed by atoms with E-state index in [1.54, 1.807) is 12.1 Å². The predicted octanol–water partition coefficient (Wildman–Crippen LogP) is 5.13. The van der Waals surface area contributed by atoms with Crippen LogP contribution in [-0.4, -0.2) is 27.2 Å². The minimum Gasteiger partial charge on any atom is -0.444 e. The third-order valence-electron chi connectivity index (χ3n) is 8.81. The van der Waals surface area contributed by atoms with Gasteiger partial charge in [0, 0.05) is 13.1 Å². The van der Waals surface area contributed by atoms with Crippen LogP contribution in [0.25, 0.3) is 11.0 Å². The molecule has 54 heavy (non-hydrogen) atoms. The van der Waals surface area contributed by atoms with Gasteiger partial charge in [-0.05, 0) is 82.3 Å². The van der Waals surface area contributed by atoms with E-state index in [-0.39, 0.29) is 71.5 Å². The number of amides is 2. The van der Waals surface area contributed by atoms with Gasteiger partial charge in [-0.2, -0.15) is 15.4 Å². The van der Waals surface area contributed by atoms with Crippen molar-refractivity contribution in [3.8, 4) is 0 Å². The zero-order valence-corrected chi connectivity index (χ0v) is 34.3. The molecule has 5 aromatic rings. The van der Waals surface area contributed by atoms with Gasteiger partial charge in [-0.15, -0.1) is 5.34 Å². The summed E-state index contributed by atoms with van der Waals surface area (Å²) in [5.74, 6) is -0.543. The maximum atomic E-state index is 12.5. The number of hydrogen-bond acceptors (Lipinski definition) is 9. The summed E-state index contributed by atoms with van der Waals surface area (Å²) >= 11 is 0. The maximum Gasteiger partial charge on any atom is 1.00 e. The molecule has 0 spiro atoms. The molecule has 4 aromatic carbocycles. The van der Waals surface area contributed by atoms with Crippen molar-refractivity contribution < 1.29 is 39.1 Å². The molecule has 12 nitrogen and oxygen atoms in total. The van der Waals surface area contributed by atoms with Crippen LogP contribution in [0.1, 0.15) is 108 Å². The molecule has 0 aliphatic heterocycles. The van der Waals surface area contributed by atoms with Crippen LogP contribution in [0.15, 0.2) is 90.3 Å². The van der Waals surface area contributed by atoms with Crippen LogP contribution in [0.2, 0.25) is 0 Å². The quantitative estimate of drug-likeness (QED) is 0.0621. The van der Waals surface area contributed by atoms with Crippen LogP contribution < -0.4 is 51.7 Å². The Hall–Kier alpha value is -4.78. The first-order valence-electron chi connectivity index (χ1n) is 17.1. The molecule has 0 fully saturated rings. The Morgan fingerprint density at radius 1 is 0.685 bits per heavy atom. The molecule has 0 saturated carbocycles. The molecule has 1 aromatic heterocycles. The Labute approximate surface area is 341 Å². The average Bonchev–Trinajstić information content (AvgIpc) is 3.58. The van der Waals surface area contributed by atoms with E-state index in [4.69, 9.17) is 21.6 Å². The van der Waals surface area contributed by atoms with Gasteiger partial charge >= 0.3 is 29.6 Å². The summed E-state index contributed by atoms with van der Waals surface area (Å²) in [6.07, 6.45) is 0. The van der Waals surface area contributed by atoms with Gasteiger partial charge in [-0.25, -0.2) is 0 Å². The van der Waals surface area contributed by atoms with Crippen molar-refractivity contribution >= 4 is 34.2 Å². The molecule has 5 rings (SSSR count). The molecule has 2 atom stereocenters. The molecular formula is C41H55N8NaO4. The van der Waals surface area contributed by atoms with Crippen LogP contribution in [0.3, 0.4) is 0 Å². The van der Waals surface area contributed by atoms with E-state index in [9.17, 15) is 9.59 Å². The van der Waals surface area contributed by atoms with Crippen molar-refractivity contribution in [3.63, 3.8) is 0 Å². The normalized spacial score (nSPS) is 11.9. The number of nitrogens with two attached hydrogens (primary N) is 2. The molecule has 0 bridgehead atoms. The Morgan fingerprint density at radius 3 is 1.48 bits per heavy atom. The molecule has 13 heteroatoms. The standard InChI is InChI=1S/C20H24N4O.C20H27N3O.CH4.HNO2.Na/c1-13(15-7-10-17-18(11-15)23-24-22-17)19(25)21-12-14-5-8-16(9-6-14)20(2,3)4;1-13(15-7-10-17(21)18(22)11-15)19(24)23-12-14-5-8-16(9-6-14)20(2,3)4;;2-1-3;/h5-11,13H,12H2,1-4H3,(H,21,25)(H,22,23,24);5-11,13H,12,21-22H2,1-4H3,(H,23,24);1H4;(H,2,3);/q;;;;+1/p-1. The van der Waals surface area contributed by atoms with Crippen LogP contribution in [0.5, 0.6) is 0 Å². The van der Waals surface area contributed by atoms with Gasteiger partial charge in [0.15, 0.2) is 0 Å². The van der Waals surface area contributed by atoms with Crippen molar-refractivity contribution in [3.05, 3.63) is 128 Å². The molecule has 0 aliphatic carbocycles. The summed E-state index contributed by atoms with van der Waals surface area (Å²) in [6, 6.07) is 27.8. The fourth-order valence-electron chi connectivity index (χ4n) is 5.22. The summed E-state index contributed by atoms with van der Waals surface area (Å²) in [6.45, 7) is 17.9. The number of rotatable bonds is 8. The van der Waals surface area contributed by atoms with Crippen molar-refractivity contribution in [1.82, 2.24) is 26.0 Å². The number of benzene rings is 4. The van der Waals surface area contributed by atoms with Crippen molar-refractivity contribution in [2.75, 3.05) is 11.5 Å². The number of nitrogens with one attached hydrogen (secondary N) is 3. The van der Waals surface area contributed by atoms with Gasteiger partial charge < -0.3 is 32.2 Å². The average molecular weight is 747 g/mol. The molecule has 7 N–H and O–H groups in total. The second-order valence-electron chi connectivity index (χ2n) is 14.8. The van der Waals surface area contributed by atoms with Gasteiger partial charge in [0.1, 0.15) is 11.0 Å². The van der Waals surface area contributed by atoms with E-state index >= 15 is 0 Å². The molecule has 0 radical (unpaired) electrons. The van der Waals surface area contributed by atoms with E-state index in [0.717, 1.165) is 38.6 Å². The molecular weight excluding hydrogens is 691 g/mol. The van der Waals surface area contributed by atoms with Crippen molar-refractivity contribution in [2.24, 2.45) is 5.34 Å². The fourth-order valence-corrected chi connectivity index (χ4v) is 5.22. The number of anilines is 2. The number of nitrogens with zero attached hydrogens (tertiary/aromatic N) is 3. The van der Waals surface area contributed by atoms with Gasteiger partial charge in [0.05, 0.1) is 23.2 Å². The Morgan fingerprint density at radius 2 is 1.07 bits per heavy atom. The number of fused-ring (bicyclic) bond motifs is 1. The number of hydrogen-bond donors (Lipinski definition) is 5. The number of H-pyrrole nitrogens is 1. The number of aromatic nitrogens is 3. The van der Waals surface area contributed by atoms with E-state index in [1.807, 2.05) is 38.1 Å². The summed E-state index contributed by atoms with van der Waals surface area (Å²) < 4.78 is 0. The maximum absolute atomic E-state index is 12.5. The smallest absolute Gasteiger partial charge is 0.444 e. The second-order valence-corrected chi connectivity index (χ2v) is 14.8. The van der Waals surface area contributed by atoms with E-state index in [2.05, 4.69) is 116 Å². The topological polar surface area (TPSA) is 204 Å². The van der Waals surface area contributed by atoms with Gasteiger partial charge in [-0.3, -0.25) is 9.59 Å². The minimum absolute atomic E-state index is 0. The fraction of sp³-hybridized carbons (Fsp3) is 0.366. The third kappa shape index (κ3) is 13.9. The Balaban J connectivity index is 0.000000487. The Kier molecular flexibility index (Phi) is 18.5. The van der Waals surface area contributed by atoms with E-state index in [0.29, 0.717) is 24.5 Å². The number of aromatic amines is 1. The molecule has 284 valence electrons. The van der Waals surface area contributed by atoms with Gasteiger partial charge in [-0.1, -0.05) is 110 Å². The number of carbonyl (C=O) groups excluding carboxylic acids is 2. The molecule has 2 amide bonds. The molecule has 0 saturated heterocycles. The minimum atomic E-state index is -0.276. The van der Waals surface area contributed by atoms with Crippen molar-refractivity contribution in [1.29, 1.82) is 0 Å². The third-order valence-corrected chi connectivity index (χ3v) is 8.81.